The minimum atomic E-state index is -4.40. The Hall–Kier alpha value is -2.68. The van der Waals surface area contributed by atoms with Crippen LogP contribution in [0.4, 0.5) is 24.5 Å². The Labute approximate surface area is 119 Å². The van der Waals surface area contributed by atoms with Crippen LogP contribution in [0.25, 0.3) is 0 Å². The monoisotopic (exact) mass is 291 g/mol. The molecule has 21 heavy (non-hydrogen) atoms. The summed E-state index contributed by atoms with van der Waals surface area (Å²) in [5.74, 6) is 0. The van der Waals surface area contributed by atoms with Gasteiger partial charge in [0.25, 0.3) is 0 Å². The first-order chi connectivity index (χ1) is 9.90. The van der Waals surface area contributed by atoms with Crippen molar-refractivity contribution in [1.29, 1.82) is 5.26 Å². The third-order valence-electron chi connectivity index (χ3n) is 2.94. The van der Waals surface area contributed by atoms with Gasteiger partial charge in [-0.15, -0.1) is 0 Å². The number of rotatable bonds is 3. The van der Waals surface area contributed by atoms with Gasteiger partial charge in [-0.2, -0.15) is 18.4 Å². The molecular formula is C15H12F3N3. The largest absolute Gasteiger partial charge is 0.416 e. The van der Waals surface area contributed by atoms with Crippen LogP contribution < -0.4 is 11.1 Å². The van der Waals surface area contributed by atoms with E-state index in [-0.39, 0.29) is 5.69 Å². The normalized spacial score (nSPS) is 11.0. The maximum absolute atomic E-state index is 12.5. The predicted molar refractivity (Wildman–Crippen MR) is 74.3 cm³/mol. The van der Waals surface area contributed by atoms with E-state index in [4.69, 9.17) is 11.0 Å². The number of nitriles is 1. The van der Waals surface area contributed by atoms with Gasteiger partial charge < -0.3 is 11.1 Å². The highest BCUT2D eigenvalue weighted by molar-refractivity contribution is 5.67. The average Bonchev–Trinajstić information content (AvgIpc) is 2.45. The molecule has 0 atom stereocenters. The molecule has 0 radical (unpaired) electrons. The summed E-state index contributed by atoms with van der Waals surface area (Å²) in [5, 5.41) is 11.7. The molecule has 0 unspecified atom stereocenters. The zero-order valence-electron chi connectivity index (χ0n) is 10.9. The van der Waals surface area contributed by atoms with Crippen LogP contribution in [-0.2, 0) is 12.7 Å². The van der Waals surface area contributed by atoms with Gasteiger partial charge in [0.1, 0.15) is 0 Å². The fourth-order valence-corrected chi connectivity index (χ4v) is 1.79. The molecule has 3 nitrogen and oxygen atoms in total. The van der Waals surface area contributed by atoms with Crippen molar-refractivity contribution in [2.75, 3.05) is 11.1 Å². The molecule has 0 aliphatic rings. The number of nitrogens with one attached hydrogen (secondary N) is 1. The molecule has 0 bridgehead atoms. The molecule has 3 N–H and O–H groups in total. The van der Waals surface area contributed by atoms with Gasteiger partial charge in [0, 0.05) is 6.54 Å². The molecule has 0 saturated heterocycles. The number of hydrogen-bond donors (Lipinski definition) is 2. The Kier molecular flexibility index (Phi) is 4.03. The molecule has 0 fully saturated rings. The zero-order valence-corrected chi connectivity index (χ0v) is 10.9. The van der Waals surface area contributed by atoms with Gasteiger partial charge in [-0.25, -0.2) is 0 Å². The van der Waals surface area contributed by atoms with Crippen molar-refractivity contribution < 1.29 is 13.2 Å². The first-order valence-corrected chi connectivity index (χ1v) is 6.10. The molecular weight excluding hydrogens is 279 g/mol. The molecule has 0 heterocycles. The number of anilines is 2. The highest BCUT2D eigenvalue weighted by atomic mass is 19.4. The SMILES string of the molecule is N#Cc1ccc(CNc2ccc(C(F)(F)F)cc2N)cc1. The van der Waals surface area contributed by atoms with Crippen molar-refractivity contribution in [2.24, 2.45) is 0 Å². The van der Waals surface area contributed by atoms with Crippen molar-refractivity contribution in [3.63, 3.8) is 0 Å². The van der Waals surface area contributed by atoms with Crippen LogP contribution >= 0.6 is 0 Å². The third-order valence-corrected chi connectivity index (χ3v) is 2.94. The number of alkyl halides is 3. The lowest BCUT2D eigenvalue weighted by atomic mass is 10.1. The van der Waals surface area contributed by atoms with Crippen molar-refractivity contribution in [3.05, 3.63) is 59.2 Å². The summed E-state index contributed by atoms with van der Waals surface area (Å²) in [5.41, 5.74) is 6.77. The van der Waals surface area contributed by atoms with E-state index in [0.29, 0.717) is 17.8 Å². The summed E-state index contributed by atoms with van der Waals surface area (Å²) in [4.78, 5) is 0. The molecule has 6 heteroatoms. The van der Waals surface area contributed by atoms with Crippen molar-refractivity contribution in [2.45, 2.75) is 12.7 Å². The molecule has 0 aliphatic carbocycles. The topological polar surface area (TPSA) is 61.8 Å². The van der Waals surface area contributed by atoms with E-state index in [1.54, 1.807) is 24.3 Å². The first-order valence-electron chi connectivity index (χ1n) is 6.10. The predicted octanol–water partition coefficient (Wildman–Crippen LogP) is 3.77. The van der Waals surface area contributed by atoms with Gasteiger partial charge in [0.2, 0.25) is 0 Å². The van der Waals surface area contributed by atoms with E-state index in [1.165, 1.54) is 6.07 Å². The van der Waals surface area contributed by atoms with Crippen LogP contribution in [0.2, 0.25) is 0 Å². The molecule has 0 amide bonds. The lowest BCUT2D eigenvalue weighted by Gasteiger charge is -2.12. The second-order valence-electron chi connectivity index (χ2n) is 4.46. The van der Waals surface area contributed by atoms with Gasteiger partial charge in [0.15, 0.2) is 0 Å². The van der Waals surface area contributed by atoms with Crippen LogP contribution in [0.3, 0.4) is 0 Å². The molecule has 2 aromatic carbocycles. The summed E-state index contributed by atoms with van der Waals surface area (Å²) < 4.78 is 37.6. The van der Waals surface area contributed by atoms with E-state index >= 15 is 0 Å². The molecule has 2 aromatic rings. The van der Waals surface area contributed by atoms with E-state index in [9.17, 15) is 13.2 Å². The minimum Gasteiger partial charge on any atom is -0.397 e. The van der Waals surface area contributed by atoms with Gasteiger partial charge in [-0.05, 0) is 35.9 Å². The number of hydrogen-bond acceptors (Lipinski definition) is 3. The average molecular weight is 291 g/mol. The van der Waals surface area contributed by atoms with E-state index in [2.05, 4.69) is 5.32 Å². The molecule has 108 valence electrons. The number of benzene rings is 2. The van der Waals surface area contributed by atoms with Crippen LogP contribution in [0, 0.1) is 11.3 Å². The maximum Gasteiger partial charge on any atom is 0.416 e. The fraction of sp³-hybridized carbons (Fsp3) is 0.133. The van der Waals surface area contributed by atoms with E-state index in [0.717, 1.165) is 17.7 Å². The Bertz CT molecular complexity index is 670. The van der Waals surface area contributed by atoms with Gasteiger partial charge in [-0.1, -0.05) is 12.1 Å². The van der Waals surface area contributed by atoms with E-state index < -0.39 is 11.7 Å². The smallest absolute Gasteiger partial charge is 0.397 e. The van der Waals surface area contributed by atoms with Gasteiger partial charge >= 0.3 is 6.18 Å². The summed E-state index contributed by atoms with van der Waals surface area (Å²) in [6.07, 6.45) is -4.40. The Balaban J connectivity index is 2.08. The van der Waals surface area contributed by atoms with E-state index in [1.807, 2.05) is 6.07 Å². The van der Waals surface area contributed by atoms with Gasteiger partial charge in [0.05, 0.1) is 28.6 Å². The number of nitrogens with two attached hydrogens (primary N) is 1. The minimum absolute atomic E-state index is 0.0403. The highest BCUT2D eigenvalue weighted by Crippen LogP contribution is 2.32. The molecule has 0 saturated carbocycles. The summed E-state index contributed by atoms with van der Waals surface area (Å²) in [6.45, 7) is 0.404. The van der Waals surface area contributed by atoms with Crippen LogP contribution in [0.5, 0.6) is 0 Å². The van der Waals surface area contributed by atoms with Crippen LogP contribution in [-0.4, -0.2) is 0 Å². The third kappa shape index (κ3) is 3.66. The lowest BCUT2D eigenvalue weighted by molar-refractivity contribution is -0.137. The standard InChI is InChI=1S/C15H12F3N3/c16-15(17,18)12-5-6-14(13(20)7-12)21-9-11-3-1-10(8-19)2-4-11/h1-7,21H,9,20H2. The number of nitrogens with zero attached hydrogens (tertiary/aromatic N) is 1. The second-order valence-corrected chi connectivity index (χ2v) is 4.46. The zero-order chi connectivity index (χ0) is 15.5. The Morgan fingerprint density at radius 2 is 1.76 bits per heavy atom. The Morgan fingerprint density at radius 1 is 1.10 bits per heavy atom. The fourth-order valence-electron chi connectivity index (χ4n) is 1.79. The van der Waals surface area contributed by atoms with Crippen molar-refractivity contribution >= 4 is 11.4 Å². The molecule has 2 rings (SSSR count). The molecule has 0 spiro atoms. The maximum atomic E-state index is 12.5. The second kappa shape index (κ2) is 5.75. The quantitative estimate of drug-likeness (QED) is 0.846. The Morgan fingerprint density at radius 3 is 2.29 bits per heavy atom. The summed E-state index contributed by atoms with van der Waals surface area (Å²) >= 11 is 0. The summed E-state index contributed by atoms with van der Waals surface area (Å²) in [6, 6.07) is 12.1. The van der Waals surface area contributed by atoms with Crippen molar-refractivity contribution in [1.82, 2.24) is 0 Å². The summed E-state index contributed by atoms with van der Waals surface area (Å²) in [7, 11) is 0. The molecule has 0 aliphatic heterocycles. The number of nitrogen functional groups attached to an aromatic ring is 1. The van der Waals surface area contributed by atoms with Crippen molar-refractivity contribution in [3.8, 4) is 6.07 Å². The molecule has 0 aromatic heterocycles. The lowest BCUT2D eigenvalue weighted by Crippen LogP contribution is -2.08. The first kappa shape index (κ1) is 14.7. The number of halogens is 3. The highest BCUT2D eigenvalue weighted by Gasteiger charge is 2.30. The van der Waals surface area contributed by atoms with Gasteiger partial charge in [-0.3, -0.25) is 0 Å². The van der Waals surface area contributed by atoms with Crippen LogP contribution in [0.15, 0.2) is 42.5 Å². The van der Waals surface area contributed by atoms with Crippen LogP contribution in [0.1, 0.15) is 16.7 Å².